The summed E-state index contributed by atoms with van der Waals surface area (Å²) < 4.78 is 0.964. The first-order chi connectivity index (χ1) is 14.0. The van der Waals surface area contributed by atoms with Gasteiger partial charge in [0.1, 0.15) is 0 Å². The Labute approximate surface area is 178 Å². The van der Waals surface area contributed by atoms with Crippen LogP contribution < -0.4 is 10.2 Å². The van der Waals surface area contributed by atoms with Gasteiger partial charge in [-0.2, -0.15) is 0 Å². The minimum atomic E-state index is -0.141. The van der Waals surface area contributed by atoms with Crippen LogP contribution >= 0.6 is 22.9 Å². The van der Waals surface area contributed by atoms with E-state index in [-0.39, 0.29) is 11.8 Å². The quantitative estimate of drug-likeness (QED) is 0.686. The molecular weight excluding hydrogens is 408 g/mol. The van der Waals surface area contributed by atoms with Gasteiger partial charge < -0.3 is 15.1 Å². The maximum Gasteiger partial charge on any atom is 0.227 e. The molecule has 0 unspecified atom stereocenters. The summed E-state index contributed by atoms with van der Waals surface area (Å²) in [4.78, 5) is 32.5. The third-order valence-electron chi connectivity index (χ3n) is 4.92. The molecule has 1 fully saturated rings. The van der Waals surface area contributed by atoms with E-state index in [0.29, 0.717) is 24.6 Å². The number of carbonyl (C=O) groups is 2. The Morgan fingerprint density at radius 2 is 1.83 bits per heavy atom. The number of carbonyl (C=O) groups excluding carboxylic acids is 2. The summed E-state index contributed by atoms with van der Waals surface area (Å²) in [6.45, 7) is 4.49. The minimum Gasteiger partial charge on any atom is -0.368 e. The van der Waals surface area contributed by atoms with Crippen LogP contribution in [0.25, 0.3) is 10.2 Å². The number of piperazine rings is 1. The number of rotatable bonds is 4. The maximum absolute atomic E-state index is 12.8. The third-order valence-corrected chi connectivity index (χ3v) is 6.10. The molecular formula is C21H21ClN4O2S. The van der Waals surface area contributed by atoms with Crippen molar-refractivity contribution in [1.29, 1.82) is 0 Å². The number of nitrogens with zero attached hydrogens (tertiary/aromatic N) is 3. The van der Waals surface area contributed by atoms with Crippen LogP contribution in [0.3, 0.4) is 0 Å². The Balaban J connectivity index is 1.37. The monoisotopic (exact) mass is 428 g/mol. The lowest BCUT2D eigenvalue weighted by Gasteiger charge is -2.36. The molecule has 1 saturated heterocycles. The smallest absolute Gasteiger partial charge is 0.227 e. The summed E-state index contributed by atoms with van der Waals surface area (Å²) in [6, 6.07) is 13.6. The number of amides is 2. The second-order valence-corrected chi connectivity index (χ2v) is 8.49. The zero-order valence-electron chi connectivity index (χ0n) is 16.0. The van der Waals surface area contributed by atoms with Crippen LogP contribution in [0.2, 0.25) is 5.02 Å². The molecule has 29 heavy (non-hydrogen) atoms. The summed E-state index contributed by atoms with van der Waals surface area (Å²) in [5, 5.41) is 4.01. The minimum absolute atomic E-state index is 0.131. The molecule has 150 valence electrons. The van der Waals surface area contributed by atoms with Crippen molar-refractivity contribution in [1.82, 2.24) is 9.88 Å². The van der Waals surface area contributed by atoms with Crippen LogP contribution in [0.5, 0.6) is 0 Å². The number of aromatic nitrogens is 1. The van der Waals surface area contributed by atoms with Crippen molar-refractivity contribution < 1.29 is 9.59 Å². The fraction of sp³-hybridized carbons (Fsp3) is 0.286. The number of fused-ring (bicyclic) bond motifs is 1. The van der Waals surface area contributed by atoms with Crippen molar-refractivity contribution in [2.45, 2.75) is 13.3 Å². The summed E-state index contributed by atoms with van der Waals surface area (Å²) in [7, 11) is 0. The first-order valence-corrected chi connectivity index (χ1v) is 10.6. The molecule has 3 aromatic rings. The number of anilines is 2. The maximum atomic E-state index is 12.8. The van der Waals surface area contributed by atoms with Crippen LogP contribution in [-0.2, 0) is 16.0 Å². The first kappa shape index (κ1) is 19.7. The molecule has 0 radical (unpaired) electrons. The molecule has 0 saturated carbocycles. The van der Waals surface area contributed by atoms with Gasteiger partial charge >= 0.3 is 0 Å². The molecule has 2 amide bonds. The lowest BCUT2D eigenvalue weighted by atomic mass is 10.1. The first-order valence-electron chi connectivity index (χ1n) is 9.43. The van der Waals surface area contributed by atoms with Crippen LogP contribution in [0.1, 0.15) is 12.5 Å². The number of hydrogen-bond donors (Lipinski definition) is 1. The predicted octanol–water partition coefficient (Wildman–Crippen LogP) is 3.80. The van der Waals surface area contributed by atoms with Gasteiger partial charge in [0.25, 0.3) is 0 Å². The van der Waals surface area contributed by atoms with Gasteiger partial charge in [-0.3, -0.25) is 9.59 Å². The molecule has 2 heterocycles. The number of nitrogens with one attached hydrogen (secondary N) is 1. The van der Waals surface area contributed by atoms with Gasteiger partial charge in [-0.25, -0.2) is 4.98 Å². The molecule has 4 rings (SSSR count). The van der Waals surface area contributed by atoms with Gasteiger partial charge in [-0.15, -0.1) is 0 Å². The SMILES string of the molecule is CC(=O)Nc1nc2ccc(CC(=O)N3CCN(c4ccc(Cl)cc4)CC3)cc2s1. The number of halogens is 1. The van der Waals surface area contributed by atoms with E-state index in [1.54, 1.807) is 0 Å². The lowest BCUT2D eigenvalue weighted by Crippen LogP contribution is -2.49. The molecule has 1 N–H and O–H groups in total. The van der Waals surface area contributed by atoms with E-state index in [2.05, 4.69) is 15.2 Å². The highest BCUT2D eigenvalue weighted by Crippen LogP contribution is 2.27. The Bertz CT molecular complexity index is 1040. The molecule has 8 heteroatoms. The normalized spacial score (nSPS) is 14.3. The van der Waals surface area contributed by atoms with E-state index in [9.17, 15) is 9.59 Å². The van der Waals surface area contributed by atoms with Crippen molar-refractivity contribution in [2.24, 2.45) is 0 Å². The second-order valence-electron chi connectivity index (χ2n) is 7.02. The number of thiazole rings is 1. The fourth-order valence-corrected chi connectivity index (χ4v) is 4.54. The van der Waals surface area contributed by atoms with E-state index < -0.39 is 0 Å². The van der Waals surface area contributed by atoms with Crippen LogP contribution in [-0.4, -0.2) is 47.9 Å². The molecule has 0 atom stereocenters. The Hall–Kier alpha value is -2.64. The highest BCUT2D eigenvalue weighted by molar-refractivity contribution is 7.22. The van der Waals surface area contributed by atoms with Crippen LogP contribution in [0.15, 0.2) is 42.5 Å². The Morgan fingerprint density at radius 3 is 2.52 bits per heavy atom. The number of hydrogen-bond acceptors (Lipinski definition) is 5. The molecule has 0 aliphatic carbocycles. The number of benzene rings is 2. The average molecular weight is 429 g/mol. The zero-order chi connectivity index (χ0) is 20.4. The predicted molar refractivity (Wildman–Crippen MR) is 118 cm³/mol. The Kier molecular flexibility index (Phi) is 5.69. The molecule has 0 bridgehead atoms. The summed E-state index contributed by atoms with van der Waals surface area (Å²) >= 11 is 7.38. The topological polar surface area (TPSA) is 65.5 Å². The third kappa shape index (κ3) is 4.68. The van der Waals surface area contributed by atoms with Gasteiger partial charge in [0.05, 0.1) is 16.6 Å². The zero-order valence-corrected chi connectivity index (χ0v) is 17.6. The molecule has 1 aliphatic heterocycles. The highest BCUT2D eigenvalue weighted by atomic mass is 35.5. The van der Waals surface area contributed by atoms with Crippen LogP contribution in [0, 0.1) is 0 Å². The molecule has 1 aromatic heterocycles. The standard InChI is InChI=1S/C21H21ClN4O2S/c1-14(27)23-21-24-18-7-2-15(12-19(18)29-21)13-20(28)26-10-8-25(9-11-26)17-5-3-16(22)4-6-17/h2-7,12H,8-11,13H2,1H3,(H,23,24,27). The summed E-state index contributed by atoms with van der Waals surface area (Å²) in [5.74, 6) is -0.0103. The second kappa shape index (κ2) is 8.39. The highest BCUT2D eigenvalue weighted by Gasteiger charge is 2.21. The van der Waals surface area contributed by atoms with E-state index in [1.807, 2.05) is 47.4 Å². The van der Waals surface area contributed by atoms with Crippen molar-refractivity contribution >= 4 is 55.8 Å². The van der Waals surface area contributed by atoms with E-state index in [4.69, 9.17) is 11.6 Å². The van der Waals surface area contributed by atoms with Crippen LogP contribution in [0.4, 0.5) is 10.8 Å². The van der Waals surface area contributed by atoms with Gasteiger partial charge in [0.2, 0.25) is 11.8 Å². The van der Waals surface area contributed by atoms with Gasteiger partial charge in [-0.05, 0) is 42.0 Å². The average Bonchev–Trinajstić information content (AvgIpc) is 3.09. The van der Waals surface area contributed by atoms with Gasteiger partial charge in [0, 0.05) is 43.8 Å². The van der Waals surface area contributed by atoms with Gasteiger partial charge in [0.15, 0.2) is 5.13 Å². The van der Waals surface area contributed by atoms with E-state index >= 15 is 0 Å². The van der Waals surface area contributed by atoms with E-state index in [1.165, 1.54) is 18.3 Å². The lowest BCUT2D eigenvalue weighted by molar-refractivity contribution is -0.130. The summed E-state index contributed by atoms with van der Waals surface area (Å²) in [6.07, 6.45) is 0.365. The molecule has 1 aliphatic rings. The van der Waals surface area contributed by atoms with Crippen molar-refractivity contribution in [3.8, 4) is 0 Å². The molecule has 0 spiro atoms. The van der Waals surface area contributed by atoms with Gasteiger partial charge in [-0.1, -0.05) is 29.0 Å². The van der Waals surface area contributed by atoms with Crippen molar-refractivity contribution in [2.75, 3.05) is 36.4 Å². The molecule has 6 nitrogen and oxygen atoms in total. The fourth-order valence-electron chi connectivity index (χ4n) is 3.44. The van der Waals surface area contributed by atoms with E-state index in [0.717, 1.165) is 39.6 Å². The Morgan fingerprint density at radius 1 is 1.10 bits per heavy atom. The molecule has 2 aromatic carbocycles. The van der Waals surface area contributed by atoms with Crippen molar-refractivity contribution in [3.63, 3.8) is 0 Å². The summed E-state index contributed by atoms with van der Waals surface area (Å²) in [5.41, 5.74) is 2.92. The largest absolute Gasteiger partial charge is 0.368 e. The van der Waals surface area contributed by atoms with Crippen molar-refractivity contribution in [3.05, 3.63) is 53.1 Å².